The van der Waals surface area contributed by atoms with Crippen LogP contribution in [0.3, 0.4) is 0 Å². The molecule has 0 fully saturated rings. The maximum Gasteiger partial charge on any atom is 0.460 e. The van der Waals surface area contributed by atoms with E-state index in [9.17, 15) is 70.7 Å². The second kappa shape index (κ2) is 6.08. The molecule has 0 aliphatic heterocycles. The number of rotatable bonds is 7. The van der Waals surface area contributed by atoms with Gasteiger partial charge in [-0.15, -0.1) is 0 Å². The van der Waals surface area contributed by atoms with Gasteiger partial charge in [0.15, 0.2) is 0 Å². The summed E-state index contributed by atoms with van der Waals surface area (Å²) < 4.78 is 191. The molecule has 0 atom stereocenters. The molecule has 0 radical (unpaired) electrons. The molecule has 27 heavy (non-hydrogen) atoms. The second-order valence-corrected chi connectivity index (χ2v) is 4.80. The fourth-order valence-corrected chi connectivity index (χ4v) is 1.31. The summed E-state index contributed by atoms with van der Waals surface area (Å²) in [5.41, 5.74) is 2.00. The van der Waals surface area contributed by atoms with Gasteiger partial charge in [-0.2, -0.15) is 65.9 Å². The Morgan fingerprint density at radius 2 is 0.815 bits per heavy atom. The topological polar surface area (TPSA) is 43.1 Å². The highest BCUT2D eigenvalue weighted by molar-refractivity contribution is 6.00. The van der Waals surface area contributed by atoms with Crippen molar-refractivity contribution in [3.05, 3.63) is 12.3 Å². The lowest BCUT2D eigenvalue weighted by atomic mass is 9.89. The molecule has 0 saturated heterocycles. The number of carbonyl (C=O) groups excluding carboxylic acids is 1. The number of hydrogen-bond donors (Lipinski definition) is 1. The average molecular weight is 439 g/mol. The largest absolute Gasteiger partial charge is 0.460 e. The molecule has 2 nitrogen and oxygen atoms in total. The van der Waals surface area contributed by atoms with E-state index in [-0.39, 0.29) is 0 Å². The van der Waals surface area contributed by atoms with Gasteiger partial charge in [-0.05, 0) is 0 Å². The van der Waals surface area contributed by atoms with Gasteiger partial charge in [-0.25, -0.2) is 0 Å². The van der Waals surface area contributed by atoms with Gasteiger partial charge >= 0.3 is 41.7 Å². The second-order valence-electron chi connectivity index (χ2n) is 4.80. The van der Waals surface area contributed by atoms with Gasteiger partial charge < -0.3 is 5.73 Å². The third-order valence-electron chi connectivity index (χ3n) is 2.90. The van der Waals surface area contributed by atoms with Gasteiger partial charge in [0.25, 0.3) is 5.78 Å². The quantitative estimate of drug-likeness (QED) is 0.472. The standard InChI is InChI=1S/C10H4F15NO/c1-2(26)3(27)4(11,12)5(13,14)6(15,16)7(17,18)8(19,20)9(21,22)10(23,24)25/h1,26H2. The molecule has 0 spiro atoms. The van der Waals surface area contributed by atoms with E-state index in [0.717, 1.165) is 0 Å². The van der Waals surface area contributed by atoms with Crippen molar-refractivity contribution in [2.45, 2.75) is 41.7 Å². The van der Waals surface area contributed by atoms with Crippen LogP contribution in [0.1, 0.15) is 0 Å². The third-order valence-corrected chi connectivity index (χ3v) is 2.90. The first-order valence-corrected chi connectivity index (χ1v) is 5.68. The van der Waals surface area contributed by atoms with Crippen LogP contribution in [0.15, 0.2) is 12.3 Å². The smallest absolute Gasteiger partial charge is 0.396 e. The number of Topliss-reactive ketones (excluding diaryl/α,β-unsaturated/α-hetero) is 1. The molecule has 160 valence electrons. The number of halogens is 15. The average Bonchev–Trinajstić information content (AvgIpc) is 2.43. The van der Waals surface area contributed by atoms with Crippen molar-refractivity contribution in [3.63, 3.8) is 0 Å². The zero-order chi connectivity index (χ0) is 22.7. The van der Waals surface area contributed by atoms with Crippen LogP contribution >= 0.6 is 0 Å². The summed E-state index contributed by atoms with van der Waals surface area (Å²) in [6, 6.07) is 0. The minimum absolute atomic E-state index is 2.06. The molecule has 0 aromatic carbocycles. The summed E-state index contributed by atoms with van der Waals surface area (Å²) in [7, 11) is 0. The first-order valence-electron chi connectivity index (χ1n) is 5.68. The normalized spacial score (nSPS) is 15.7. The number of hydrogen-bond acceptors (Lipinski definition) is 2. The van der Waals surface area contributed by atoms with Crippen LogP contribution in [-0.4, -0.2) is 47.5 Å². The summed E-state index contributed by atoms with van der Waals surface area (Å²) in [6.07, 6.45) is -7.69. The molecule has 0 aromatic heterocycles. The van der Waals surface area contributed by atoms with E-state index in [4.69, 9.17) is 0 Å². The number of allylic oxidation sites excluding steroid dienone is 1. The molecule has 0 aliphatic rings. The molecule has 0 aromatic rings. The maximum atomic E-state index is 13.1. The SMILES string of the molecule is C=C(N)C(=O)C(F)(F)C(F)(F)C(F)(F)C(F)(F)C(F)(F)C(F)(F)C(F)(F)F. The molecule has 0 bridgehead atoms. The van der Waals surface area contributed by atoms with E-state index in [2.05, 4.69) is 12.3 Å². The molecule has 0 aliphatic carbocycles. The van der Waals surface area contributed by atoms with E-state index in [0.29, 0.717) is 0 Å². The summed E-state index contributed by atoms with van der Waals surface area (Å²) in [5.74, 6) is -51.7. The van der Waals surface area contributed by atoms with Gasteiger partial charge in [0.2, 0.25) is 0 Å². The zero-order valence-electron chi connectivity index (χ0n) is 11.9. The number of nitrogens with two attached hydrogens (primary N) is 1. The molecule has 0 rings (SSSR count). The van der Waals surface area contributed by atoms with E-state index in [1.54, 1.807) is 0 Å². The molecule has 0 saturated carbocycles. The minimum atomic E-state index is -8.44. The van der Waals surface area contributed by atoms with Crippen LogP contribution in [0.2, 0.25) is 0 Å². The van der Waals surface area contributed by atoms with E-state index < -0.39 is 53.2 Å². The molecule has 17 heteroatoms. The lowest BCUT2D eigenvalue weighted by Gasteiger charge is -2.41. The Morgan fingerprint density at radius 1 is 0.556 bits per heavy atom. The van der Waals surface area contributed by atoms with E-state index in [1.165, 1.54) is 0 Å². The van der Waals surface area contributed by atoms with Crippen molar-refractivity contribution >= 4 is 5.78 Å². The van der Waals surface area contributed by atoms with E-state index in [1.807, 2.05) is 0 Å². The fraction of sp³-hybridized carbons (Fsp3) is 0.700. The van der Waals surface area contributed by atoms with Gasteiger partial charge in [-0.1, -0.05) is 6.58 Å². The molecule has 2 N–H and O–H groups in total. The highest BCUT2D eigenvalue weighted by Crippen LogP contribution is 2.62. The highest BCUT2D eigenvalue weighted by atomic mass is 19.4. The van der Waals surface area contributed by atoms with Gasteiger partial charge in [-0.3, -0.25) is 4.79 Å². The van der Waals surface area contributed by atoms with Crippen LogP contribution in [0.25, 0.3) is 0 Å². The number of alkyl halides is 15. The maximum absolute atomic E-state index is 13.1. The van der Waals surface area contributed by atoms with Crippen molar-refractivity contribution in [3.8, 4) is 0 Å². The Balaban J connectivity index is 6.64. The van der Waals surface area contributed by atoms with Crippen molar-refractivity contribution in [1.29, 1.82) is 0 Å². The Kier molecular flexibility index (Phi) is 5.67. The van der Waals surface area contributed by atoms with Crippen molar-refractivity contribution in [1.82, 2.24) is 0 Å². The first-order chi connectivity index (χ1) is 11.4. The summed E-state index contributed by atoms with van der Waals surface area (Å²) in [5, 5.41) is 0. The first kappa shape index (κ1) is 25.2. The molecular weight excluding hydrogens is 435 g/mol. The van der Waals surface area contributed by atoms with Crippen molar-refractivity contribution in [2.75, 3.05) is 0 Å². The van der Waals surface area contributed by atoms with Gasteiger partial charge in [0, 0.05) is 0 Å². The van der Waals surface area contributed by atoms with Crippen LogP contribution in [0.5, 0.6) is 0 Å². The van der Waals surface area contributed by atoms with Crippen LogP contribution in [-0.2, 0) is 4.79 Å². The van der Waals surface area contributed by atoms with Gasteiger partial charge in [0.05, 0.1) is 5.70 Å². The number of carbonyl (C=O) groups is 1. The fourth-order valence-electron chi connectivity index (χ4n) is 1.31. The van der Waals surface area contributed by atoms with Crippen LogP contribution in [0.4, 0.5) is 65.9 Å². The Labute approximate surface area is 137 Å². The van der Waals surface area contributed by atoms with E-state index >= 15 is 0 Å². The molecule has 0 amide bonds. The zero-order valence-corrected chi connectivity index (χ0v) is 11.9. The Bertz CT molecular complexity index is 617. The molecular formula is C10H4F15NO. The Morgan fingerprint density at radius 3 is 1.07 bits per heavy atom. The Hall–Kier alpha value is -1.84. The number of ketones is 1. The third kappa shape index (κ3) is 3.07. The lowest BCUT2D eigenvalue weighted by Crippen LogP contribution is -2.73. The van der Waals surface area contributed by atoms with Gasteiger partial charge in [0.1, 0.15) is 0 Å². The van der Waals surface area contributed by atoms with Crippen molar-refractivity contribution < 1.29 is 70.7 Å². The monoisotopic (exact) mass is 439 g/mol. The molecule has 0 heterocycles. The molecule has 0 unspecified atom stereocenters. The summed E-state index contributed by atoms with van der Waals surface area (Å²) in [4.78, 5) is 10.6. The van der Waals surface area contributed by atoms with Crippen LogP contribution in [0, 0.1) is 0 Å². The highest BCUT2D eigenvalue weighted by Gasteiger charge is 2.93. The predicted octanol–water partition coefficient (Wildman–Crippen LogP) is 4.40. The summed E-state index contributed by atoms with van der Waals surface area (Å²) in [6.45, 7) is 2.06. The van der Waals surface area contributed by atoms with Crippen molar-refractivity contribution in [2.24, 2.45) is 5.73 Å². The minimum Gasteiger partial charge on any atom is -0.396 e. The van der Waals surface area contributed by atoms with Crippen LogP contribution < -0.4 is 5.73 Å². The predicted molar refractivity (Wildman–Crippen MR) is 54.1 cm³/mol. The lowest BCUT2D eigenvalue weighted by molar-refractivity contribution is -0.449. The summed E-state index contributed by atoms with van der Waals surface area (Å²) >= 11 is 0.